The lowest BCUT2D eigenvalue weighted by molar-refractivity contribution is 0.148. The molecule has 0 saturated carbocycles. The molecule has 86 valence electrons. The molecular weight excluding hydrogens is 216 g/mol. The van der Waals surface area contributed by atoms with Crippen LogP contribution in [0.15, 0.2) is 0 Å². The summed E-state index contributed by atoms with van der Waals surface area (Å²) in [6, 6.07) is 1.84. The van der Waals surface area contributed by atoms with Gasteiger partial charge in [0.25, 0.3) is 0 Å². The van der Waals surface area contributed by atoms with Crippen LogP contribution in [0.2, 0.25) is 0 Å². The summed E-state index contributed by atoms with van der Waals surface area (Å²) in [5.74, 6) is 0. The Bertz CT molecular complexity index is 326. The Balaban J connectivity index is 2.79. The number of ether oxygens (including phenoxy) is 1. The first-order chi connectivity index (χ1) is 7.12. The number of hydrogen-bond acceptors (Lipinski definition) is 4. The van der Waals surface area contributed by atoms with Crippen molar-refractivity contribution in [3.63, 3.8) is 0 Å². The Morgan fingerprint density at radius 1 is 1.47 bits per heavy atom. The molecule has 1 heterocycles. The fourth-order valence-corrected chi connectivity index (χ4v) is 3.15. The predicted molar refractivity (Wildman–Crippen MR) is 55.6 cm³/mol. The molecule has 1 fully saturated rings. The van der Waals surface area contributed by atoms with Gasteiger partial charge in [0.2, 0.25) is 10.0 Å². The van der Waals surface area contributed by atoms with Crippen molar-refractivity contribution in [2.75, 3.05) is 26.3 Å². The fraction of sp³-hybridized carbons (Fsp3) is 0.889. The van der Waals surface area contributed by atoms with Gasteiger partial charge in [-0.3, -0.25) is 0 Å². The molecule has 0 aliphatic carbocycles. The number of nitriles is 1. The summed E-state index contributed by atoms with van der Waals surface area (Å²) in [7, 11) is -3.46. The zero-order chi connectivity index (χ0) is 11.3. The van der Waals surface area contributed by atoms with Crippen molar-refractivity contribution in [1.82, 2.24) is 4.31 Å². The minimum Gasteiger partial charge on any atom is -0.380 e. The van der Waals surface area contributed by atoms with E-state index < -0.39 is 15.3 Å². The maximum atomic E-state index is 11.9. The van der Waals surface area contributed by atoms with E-state index in [-0.39, 0.29) is 0 Å². The standard InChI is InChI=1S/C9H16N2O3S/c1-2-9(8-10)15(12,13)11-4-3-6-14-7-5-11/h9H,2-7H2,1H3. The molecule has 0 aromatic rings. The number of hydrogen-bond donors (Lipinski definition) is 0. The van der Waals surface area contributed by atoms with Gasteiger partial charge in [-0.25, -0.2) is 8.42 Å². The summed E-state index contributed by atoms with van der Waals surface area (Å²) in [5, 5.41) is 7.85. The van der Waals surface area contributed by atoms with E-state index in [1.165, 1.54) is 4.31 Å². The van der Waals surface area contributed by atoms with E-state index in [0.29, 0.717) is 39.1 Å². The summed E-state index contributed by atoms with van der Waals surface area (Å²) in [5.41, 5.74) is 0. The van der Waals surface area contributed by atoms with Gasteiger partial charge >= 0.3 is 0 Å². The first-order valence-corrected chi connectivity index (χ1v) is 6.59. The van der Waals surface area contributed by atoms with Crippen LogP contribution in [-0.2, 0) is 14.8 Å². The lowest BCUT2D eigenvalue weighted by Gasteiger charge is -2.21. The van der Waals surface area contributed by atoms with Crippen LogP contribution in [-0.4, -0.2) is 44.3 Å². The van der Waals surface area contributed by atoms with Gasteiger partial charge in [0.05, 0.1) is 12.7 Å². The highest BCUT2D eigenvalue weighted by molar-refractivity contribution is 7.90. The monoisotopic (exact) mass is 232 g/mol. The first-order valence-electron chi connectivity index (χ1n) is 5.09. The van der Waals surface area contributed by atoms with E-state index in [9.17, 15) is 8.42 Å². The second-order valence-corrected chi connectivity index (χ2v) is 5.55. The Morgan fingerprint density at radius 2 is 2.20 bits per heavy atom. The molecule has 0 N–H and O–H groups in total. The zero-order valence-electron chi connectivity index (χ0n) is 8.85. The molecule has 0 bridgehead atoms. The highest BCUT2D eigenvalue weighted by Crippen LogP contribution is 2.13. The average Bonchev–Trinajstić information content (AvgIpc) is 2.47. The highest BCUT2D eigenvalue weighted by atomic mass is 32.2. The molecular formula is C9H16N2O3S. The second kappa shape index (κ2) is 5.45. The van der Waals surface area contributed by atoms with Crippen molar-refractivity contribution in [1.29, 1.82) is 5.26 Å². The topological polar surface area (TPSA) is 70.4 Å². The molecule has 1 atom stereocenters. The van der Waals surface area contributed by atoms with Gasteiger partial charge in [-0.1, -0.05) is 6.92 Å². The Labute approximate surface area is 90.7 Å². The Hall–Kier alpha value is -0.640. The van der Waals surface area contributed by atoms with E-state index in [0.717, 1.165) is 0 Å². The highest BCUT2D eigenvalue weighted by Gasteiger charge is 2.31. The van der Waals surface area contributed by atoms with Crippen LogP contribution in [0.1, 0.15) is 19.8 Å². The maximum Gasteiger partial charge on any atom is 0.230 e. The van der Waals surface area contributed by atoms with E-state index in [2.05, 4.69) is 0 Å². The lowest BCUT2D eigenvalue weighted by Crippen LogP contribution is -2.39. The van der Waals surface area contributed by atoms with Crippen LogP contribution in [0.5, 0.6) is 0 Å². The normalized spacial score (nSPS) is 21.6. The first kappa shape index (κ1) is 12.4. The van der Waals surface area contributed by atoms with Crippen LogP contribution in [0.3, 0.4) is 0 Å². The van der Waals surface area contributed by atoms with E-state index in [1.54, 1.807) is 6.92 Å². The maximum absolute atomic E-state index is 11.9. The summed E-state index contributed by atoms with van der Waals surface area (Å²) in [6.07, 6.45) is 1.03. The third-order valence-electron chi connectivity index (χ3n) is 2.42. The third kappa shape index (κ3) is 2.91. The second-order valence-electron chi connectivity index (χ2n) is 3.44. The molecule has 1 saturated heterocycles. The Morgan fingerprint density at radius 3 is 2.80 bits per heavy atom. The smallest absolute Gasteiger partial charge is 0.230 e. The van der Waals surface area contributed by atoms with E-state index >= 15 is 0 Å². The van der Waals surface area contributed by atoms with Crippen LogP contribution in [0.25, 0.3) is 0 Å². The Kier molecular flexibility index (Phi) is 4.51. The lowest BCUT2D eigenvalue weighted by atomic mass is 10.4. The molecule has 0 amide bonds. The van der Waals surface area contributed by atoms with Gasteiger partial charge < -0.3 is 4.74 Å². The van der Waals surface area contributed by atoms with Gasteiger partial charge in [0, 0.05) is 19.7 Å². The van der Waals surface area contributed by atoms with E-state index in [1.807, 2.05) is 6.07 Å². The van der Waals surface area contributed by atoms with Crippen molar-refractivity contribution in [2.45, 2.75) is 25.0 Å². The van der Waals surface area contributed by atoms with Gasteiger partial charge in [-0.15, -0.1) is 0 Å². The largest absolute Gasteiger partial charge is 0.380 e. The molecule has 1 aliphatic rings. The number of sulfonamides is 1. The summed E-state index contributed by atoms with van der Waals surface area (Å²) in [4.78, 5) is 0. The van der Waals surface area contributed by atoms with Crippen molar-refractivity contribution in [3.05, 3.63) is 0 Å². The van der Waals surface area contributed by atoms with Gasteiger partial charge in [-0.05, 0) is 12.8 Å². The number of nitrogens with zero attached hydrogens (tertiary/aromatic N) is 2. The molecule has 0 aromatic heterocycles. The minimum atomic E-state index is -3.46. The minimum absolute atomic E-state index is 0.330. The van der Waals surface area contributed by atoms with Crippen LogP contribution in [0, 0.1) is 11.3 Å². The molecule has 0 aromatic carbocycles. The average molecular weight is 232 g/mol. The van der Waals surface area contributed by atoms with Gasteiger partial charge in [-0.2, -0.15) is 9.57 Å². The van der Waals surface area contributed by atoms with E-state index in [4.69, 9.17) is 10.00 Å². The summed E-state index contributed by atoms with van der Waals surface area (Å²) < 4.78 is 30.4. The van der Waals surface area contributed by atoms with Gasteiger partial charge in [0.15, 0.2) is 5.25 Å². The molecule has 1 aliphatic heterocycles. The molecule has 15 heavy (non-hydrogen) atoms. The quantitative estimate of drug-likeness (QED) is 0.703. The molecule has 1 unspecified atom stereocenters. The van der Waals surface area contributed by atoms with Crippen LogP contribution < -0.4 is 0 Å². The van der Waals surface area contributed by atoms with Crippen molar-refractivity contribution in [3.8, 4) is 6.07 Å². The molecule has 5 nitrogen and oxygen atoms in total. The molecule has 0 spiro atoms. The number of rotatable bonds is 3. The van der Waals surface area contributed by atoms with Crippen molar-refractivity contribution in [2.24, 2.45) is 0 Å². The summed E-state index contributed by atoms with van der Waals surface area (Å²) in [6.45, 7) is 3.54. The SMILES string of the molecule is CCC(C#N)S(=O)(=O)N1CCCOCC1. The fourth-order valence-electron chi connectivity index (χ4n) is 1.53. The molecule has 1 rings (SSSR count). The van der Waals surface area contributed by atoms with Gasteiger partial charge in [0.1, 0.15) is 0 Å². The predicted octanol–water partition coefficient (Wildman–Crippen LogP) is 0.341. The van der Waals surface area contributed by atoms with Crippen LogP contribution >= 0.6 is 0 Å². The molecule has 6 heteroatoms. The zero-order valence-corrected chi connectivity index (χ0v) is 9.66. The van der Waals surface area contributed by atoms with Crippen molar-refractivity contribution < 1.29 is 13.2 Å². The van der Waals surface area contributed by atoms with Crippen LogP contribution in [0.4, 0.5) is 0 Å². The summed E-state index contributed by atoms with van der Waals surface area (Å²) >= 11 is 0. The molecule has 0 radical (unpaired) electrons. The van der Waals surface area contributed by atoms with Crippen molar-refractivity contribution >= 4 is 10.0 Å². The third-order valence-corrected chi connectivity index (χ3v) is 4.66.